The highest BCUT2D eigenvalue weighted by Gasteiger charge is 2.19. The first-order valence-corrected chi connectivity index (χ1v) is 5.70. The van der Waals surface area contributed by atoms with E-state index in [1.807, 2.05) is 18.3 Å². The fourth-order valence-corrected chi connectivity index (χ4v) is 2.17. The summed E-state index contributed by atoms with van der Waals surface area (Å²) in [5.74, 6) is 0. The van der Waals surface area contributed by atoms with E-state index in [0.29, 0.717) is 6.04 Å². The van der Waals surface area contributed by atoms with Gasteiger partial charge in [-0.1, -0.05) is 12.1 Å². The molecule has 15 heavy (non-hydrogen) atoms. The van der Waals surface area contributed by atoms with Crippen LogP contribution in [0.25, 0.3) is 0 Å². The molecule has 1 heterocycles. The summed E-state index contributed by atoms with van der Waals surface area (Å²) in [6.45, 7) is 4.74. The van der Waals surface area contributed by atoms with Crippen LogP contribution in [0.3, 0.4) is 0 Å². The number of rotatable bonds is 4. The zero-order valence-corrected chi connectivity index (χ0v) is 9.08. The van der Waals surface area contributed by atoms with E-state index >= 15 is 0 Å². The molecule has 0 bridgehead atoms. The van der Waals surface area contributed by atoms with E-state index in [9.17, 15) is 0 Å². The molecule has 1 unspecified atom stereocenters. The number of nitrogens with one attached hydrogen (secondary N) is 1. The Kier molecular flexibility index (Phi) is 3.51. The lowest BCUT2D eigenvalue weighted by atomic mass is 9.92. The second-order valence-corrected chi connectivity index (χ2v) is 4.02. The van der Waals surface area contributed by atoms with Gasteiger partial charge in [0.05, 0.1) is 5.69 Å². The van der Waals surface area contributed by atoms with E-state index in [0.717, 1.165) is 13.0 Å². The molecule has 2 rings (SSSR count). The van der Waals surface area contributed by atoms with Crippen molar-refractivity contribution >= 4 is 0 Å². The Morgan fingerprint density at radius 3 is 3.40 bits per heavy atom. The predicted molar refractivity (Wildman–Crippen MR) is 62.7 cm³/mol. The van der Waals surface area contributed by atoms with Crippen LogP contribution in [-0.2, 0) is 6.42 Å². The maximum Gasteiger partial charge on any atom is 0.0605 e. The van der Waals surface area contributed by atoms with Gasteiger partial charge in [0.2, 0.25) is 0 Å². The molecule has 0 aliphatic heterocycles. The van der Waals surface area contributed by atoms with Gasteiger partial charge in [-0.3, -0.25) is 4.98 Å². The first kappa shape index (κ1) is 10.4. The summed E-state index contributed by atoms with van der Waals surface area (Å²) in [5.41, 5.74) is 2.67. The molecule has 2 nitrogen and oxygen atoms in total. The van der Waals surface area contributed by atoms with E-state index in [-0.39, 0.29) is 0 Å². The molecule has 1 aromatic heterocycles. The van der Waals surface area contributed by atoms with Gasteiger partial charge in [-0.05, 0) is 43.9 Å². The van der Waals surface area contributed by atoms with Crippen molar-refractivity contribution in [2.45, 2.75) is 31.7 Å². The SMILES string of the molecule is C=CCCNC1CCCc2cccnc21. The lowest BCUT2D eigenvalue weighted by molar-refractivity contribution is 0.453. The summed E-state index contributed by atoms with van der Waals surface area (Å²) in [7, 11) is 0. The number of aryl methyl sites for hydroxylation is 1. The van der Waals surface area contributed by atoms with Crippen molar-refractivity contribution in [2.24, 2.45) is 0 Å². The average Bonchev–Trinajstić information content (AvgIpc) is 2.30. The van der Waals surface area contributed by atoms with Crippen molar-refractivity contribution in [1.82, 2.24) is 10.3 Å². The van der Waals surface area contributed by atoms with Gasteiger partial charge in [-0.15, -0.1) is 6.58 Å². The van der Waals surface area contributed by atoms with E-state index in [1.54, 1.807) is 0 Å². The van der Waals surface area contributed by atoms with Crippen molar-refractivity contribution < 1.29 is 0 Å². The molecule has 0 amide bonds. The van der Waals surface area contributed by atoms with Gasteiger partial charge in [-0.25, -0.2) is 0 Å². The molecule has 80 valence electrons. The Balaban J connectivity index is 2.05. The lowest BCUT2D eigenvalue weighted by Gasteiger charge is -2.25. The fraction of sp³-hybridized carbons (Fsp3) is 0.462. The third-order valence-electron chi connectivity index (χ3n) is 2.93. The Morgan fingerprint density at radius 1 is 1.60 bits per heavy atom. The molecule has 1 aromatic rings. The van der Waals surface area contributed by atoms with Gasteiger partial charge >= 0.3 is 0 Å². The van der Waals surface area contributed by atoms with Crippen LogP contribution in [0.1, 0.15) is 36.6 Å². The number of pyridine rings is 1. The van der Waals surface area contributed by atoms with Gasteiger partial charge in [0, 0.05) is 12.2 Å². The number of hydrogen-bond acceptors (Lipinski definition) is 2. The molecule has 0 saturated carbocycles. The second kappa shape index (κ2) is 5.08. The zero-order chi connectivity index (χ0) is 10.5. The first-order chi connectivity index (χ1) is 7.42. The summed E-state index contributed by atoms with van der Waals surface area (Å²) in [4.78, 5) is 4.49. The molecule has 0 radical (unpaired) electrons. The molecule has 1 N–H and O–H groups in total. The standard InChI is InChI=1S/C13H18N2/c1-2-3-9-14-12-8-4-6-11-7-5-10-15-13(11)12/h2,5,7,10,12,14H,1,3-4,6,8-9H2. The van der Waals surface area contributed by atoms with Crippen LogP contribution in [0.2, 0.25) is 0 Å². The van der Waals surface area contributed by atoms with Crippen molar-refractivity contribution in [3.8, 4) is 0 Å². The van der Waals surface area contributed by atoms with Gasteiger partial charge in [0.1, 0.15) is 0 Å². The average molecular weight is 202 g/mol. The predicted octanol–water partition coefficient (Wildman–Crippen LogP) is 2.62. The maximum absolute atomic E-state index is 4.49. The fourth-order valence-electron chi connectivity index (χ4n) is 2.17. The van der Waals surface area contributed by atoms with Crippen LogP contribution >= 0.6 is 0 Å². The minimum absolute atomic E-state index is 0.454. The molecule has 2 heteroatoms. The summed E-state index contributed by atoms with van der Waals surface area (Å²) < 4.78 is 0. The summed E-state index contributed by atoms with van der Waals surface area (Å²) in [5, 5.41) is 3.54. The van der Waals surface area contributed by atoms with Gasteiger partial charge < -0.3 is 5.32 Å². The van der Waals surface area contributed by atoms with Crippen molar-refractivity contribution in [1.29, 1.82) is 0 Å². The van der Waals surface area contributed by atoms with E-state index < -0.39 is 0 Å². The lowest BCUT2D eigenvalue weighted by Crippen LogP contribution is -2.26. The van der Waals surface area contributed by atoms with Gasteiger partial charge in [0.25, 0.3) is 0 Å². The summed E-state index contributed by atoms with van der Waals surface area (Å²) in [6, 6.07) is 4.68. The van der Waals surface area contributed by atoms with Crippen molar-refractivity contribution in [2.75, 3.05) is 6.54 Å². The minimum atomic E-state index is 0.454. The Labute approximate surface area is 91.4 Å². The number of fused-ring (bicyclic) bond motifs is 1. The molecule has 0 saturated heterocycles. The van der Waals surface area contributed by atoms with Crippen molar-refractivity contribution in [3.63, 3.8) is 0 Å². The molecule has 0 fully saturated rings. The number of hydrogen-bond donors (Lipinski definition) is 1. The van der Waals surface area contributed by atoms with Crippen molar-refractivity contribution in [3.05, 3.63) is 42.2 Å². The normalized spacial score (nSPS) is 19.6. The molecule has 1 aliphatic rings. The number of aromatic nitrogens is 1. The highest BCUT2D eigenvalue weighted by molar-refractivity contribution is 5.25. The maximum atomic E-state index is 4.49. The quantitative estimate of drug-likeness (QED) is 0.599. The summed E-state index contributed by atoms with van der Waals surface area (Å²) >= 11 is 0. The monoisotopic (exact) mass is 202 g/mol. The highest BCUT2D eigenvalue weighted by atomic mass is 14.9. The second-order valence-electron chi connectivity index (χ2n) is 4.02. The van der Waals surface area contributed by atoms with Crippen LogP contribution < -0.4 is 5.32 Å². The van der Waals surface area contributed by atoms with Crippen LogP contribution in [0, 0.1) is 0 Å². The number of nitrogens with zero attached hydrogens (tertiary/aromatic N) is 1. The van der Waals surface area contributed by atoms with Crippen LogP contribution in [0.4, 0.5) is 0 Å². The van der Waals surface area contributed by atoms with Crippen LogP contribution in [-0.4, -0.2) is 11.5 Å². The van der Waals surface area contributed by atoms with Crippen LogP contribution in [0.15, 0.2) is 31.0 Å². The Morgan fingerprint density at radius 2 is 2.53 bits per heavy atom. The Bertz CT molecular complexity index is 333. The Hall–Kier alpha value is -1.15. The molecule has 1 atom stereocenters. The first-order valence-electron chi connectivity index (χ1n) is 5.70. The van der Waals surface area contributed by atoms with E-state index in [1.165, 1.54) is 30.5 Å². The summed E-state index contributed by atoms with van der Waals surface area (Å²) in [6.07, 6.45) is 8.54. The molecule has 0 spiro atoms. The molecule has 0 aromatic carbocycles. The van der Waals surface area contributed by atoms with E-state index in [2.05, 4.69) is 22.9 Å². The largest absolute Gasteiger partial charge is 0.308 e. The minimum Gasteiger partial charge on any atom is -0.308 e. The van der Waals surface area contributed by atoms with Crippen LogP contribution in [0.5, 0.6) is 0 Å². The van der Waals surface area contributed by atoms with E-state index in [4.69, 9.17) is 0 Å². The molecular formula is C13H18N2. The topological polar surface area (TPSA) is 24.9 Å². The third kappa shape index (κ3) is 2.45. The smallest absolute Gasteiger partial charge is 0.0605 e. The van der Waals surface area contributed by atoms with Gasteiger partial charge in [-0.2, -0.15) is 0 Å². The highest BCUT2D eigenvalue weighted by Crippen LogP contribution is 2.27. The van der Waals surface area contributed by atoms with Gasteiger partial charge in [0.15, 0.2) is 0 Å². The third-order valence-corrected chi connectivity index (χ3v) is 2.93. The molecule has 1 aliphatic carbocycles. The zero-order valence-electron chi connectivity index (χ0n) is 9.08. The molecular weight excluding hydrogens is 184 g/mol.